The number of thioether (sulfide) groups is 1. The monoisotopic (exact) mass is 315 g/mol. The first-order chi connectivity index (χ1) is 10.0. The zero-order valence-electron chi connectivity index (χ0n) is 11.5. The molecule has 0 amide bonds. The van der Waals surface area contributed by atoms with Gasteiger partial charge in [-0.15, -0.1) is 0 Å². The average molecular weight is 315 g/mol. The lowest BCUT2D eigenvalue weighted by atomic mass is 10.0. The van der Waals surface area contributed by atoms with E-state index in [1.807, 2.05) is 43.4 Å². The van der Waals surface area contributed by atoms with Crippen LogP contribution in [-0.2, 0) is 6.54 Å². The van der Waals surface area contributed by atoms with Crippen LogP contribution in [0.25, 0.3) is 10.8 Å². The Balaban J connectivity index is 2.13. The molecule has 0 unspecified atom stereocenters. The molecule has 2 aromatic carbocycles. The standard InChI is InChI=1S/C15H16F3NOS/c1-19-10-13-12-5-3-2-4-11(12)6-7-14(13)20-8-9-21-15(16,17)18/h2-7,19H,8-10H2,1H3. The largest absolute Gasteiger partial charge is 0.492 e. The number of ether oxygens (including phenoxy) is 1. The second-order valence-corrected chi connectivity index (χ2v) is 5.60. The van der Waals surface area contributed by atoms with Crippen molar-refractivity contribution in [3.8, 4) is 5.75 Å². The molecule has 0 saturated carbocycles. The summed E-state index contributed by atoms with van der Waals surface area (Å²) in [5.74, 6) is 0.515. The Kier molecular flexibility index (Phi) is 5.36. The Morgan fingerprint density at radius 1 is 1.14 bits per heavy atom. The van der Waals surface area contributed by atoms with Gasteiger partial charge in [-0.3, -0.25) is 0 Å². The third kappa shape index (κ3) is 4.54. The van der Waals surface area contributed by atoms with Crippen LogP contribution in [0.1, 0.15) is 5.56 Å². The maximum atomic E-state index is 12.1. The molecule has 2 rings (SSSR count). The first kappa shape index (κ1) is 16.0. The number of rotatable bonds is 6. The summed E-state index contributed by atoms with van der Waals surface area (Å²) in [6, 6.07) is 11.6. The van der Waals surface area contributed by atoms with Gasteiger partial charge in [0.15, 0.2) is 0 Å². The fraction of sp³-hybridized carbons (Fsp3) is 0.333. The molecule has 0 radical (unpaired) electrons. The van der Waals surface area contributed by atoms with E-state index in [0.29, 0.717) is 12.3 Å². The molecule has 0 heterocycles. The van der Waals surface area contributed by atoms with Crippen LogP contribution in [0.3, 0.4) is 0 Å². The summed E-state index contributed by atoms with van der Waals surface area (Å²) in [5, 5.41) is 5.20. The molecule has 0 aliphatic heterocycles. The summed E-state index contributed by atoms with van der Waals surface area (Å²) >= 11 is -0.0650. The Morgan fingerprint density at radius 2 is 1.90 bits per heavy atom. The summed E-state index contributed by atoms with van der Waals surface area (Å²) in [4.78, 5) is 0. The van der Waals surface area contributed by atoms with Crippen molar-refractivity contribution in [1.82, 2.24) is 5.32 Å². The molecule has 0 saturated heterocycles. The van der Waals surface area contributed by atoms with Gasteiger partial charge in [-0.05, 0) is 35.6 Å². The van der Waals surface area contributed by atoms with E-state index in [0.717, 1.165) is 16.3 Å². The fourth-order valence-corrected chi connectivity index (χ4v) is 2.52. The number of nitrogens with one attached hydrogen (secondary N) is 1. The molecule has 0 spiro atoms. The molecule has 0 aliphatic carbocycles. The highest BCUT2D eigenvalue weighted by molar-refractivity contribution is 8.00. The molecule has 0 bridgehead atoms. The summed E-state index contributed by atoms with van der Waals surface area (Å²) < 4.78 is 41.8. The van der Waals surface area contributed by atoms with Gasteiger partial charge < -0.3 is 10.1 Å². The predicted molar refractivity (Wildman–Crippen MR) is 80.7 cm³/mol. The average Bonchev–Trinajstić information content (AvgIpc) is 2.44. The van der Waals surface area contributed by atoms with Crippen LogP contribution in [0.5, 0.6) is 5.75 Å². The van der Waals surface area contributed by atoms with Gasteiger partial charge in [0.05, 0.1) is 6.61 Å². The first-order valence-electron chi connectivity index (χ1n) is 6.50. The van der Waals surface area contributed by atoms with Crippen LogP contribution in [0.4, 0.5) is 13.2 Å². The summed E-state index contributed by atoms with van der Waals surface area (Å²) in [7, 11) is 1.82. The highest BCUT2D eigenvalue weighted by atomic mass is 32.2. The van der Waals surface area contributed by atoms with Gasteiger partial charge in [-0.2, -0.15) is 13.2 Å². The zero-order valence-corrected chi connectivity index (χ0v) is 12.4. The van der Waals surface area contributed by atoms with Crippen molar-refractivity contribution in [2.45, 2.75) is 12.1 Å². The van der Waals surface area contributed by atoms with Crippen molar-refractivity contribution in [1.29, 1.82) is 0 Å². The Hall–Kier alpha value is -1.40. The number of hydrogen-bond acceptors (Lipinski definition) is 3. The van der Waals surface area contributed by atoms with E-state index in [4.69, 9.17) is 4.74 Å². The fourth-order valence-electron chi connectivity index (χ4n) is 2.12. The maximum Gasteiger partial charge on any atom is 0.441 e. The van der Waals surface area contributed by atoms with Crippen LogP contribution >= 0.6 is 11.8 Å². The van der Waals surface area contributed by atoms with E-state index in [-0.39, 0.29) is 24.1 Å². The minimum absolute atomic E-state index is 0.0270. The normalized spacial score (nSPS) is 11.8. The molecule has 0 aliphatic rings. The molecule has 114 valence electrons. The number of halogens is 3. The quantitative estimate of drug-likeness (QED) is 0.808. The molecule has 1 N–H and O–H groups in total. The second kappa shape index (κ2) is 7.04. The lowest BCUT2D eigenvalue weighted by Gasteiger charge is -2.14. The molecule has 0 atom stereocenters. The summed E-state index contributed by atoms with van der Waals surface area (Å²) in [6.07, 6.45) is 0. The van der Waals surface area contributed by atoms with Gasteiger partial charge in [0.1, 0.15) is 5.75 Å². The number of fused-ring (bicyclic) bond motifs is 1. The van der Waals surface area contributed by atoms with Crippen molar-refractivity contribution in [2.24, 2.45) is 0 Å². The minimum atomic E-state index is -4.21. The summed E-state index contributed by atoms with van der Waals surface area (Å²) in [5.41, 5.74) is -3.24. The molecule has 6 heteroatoms. The third-order valence-electron chi connectivity index (χ3n) is 2.96. The van der Waals surface area contributed by atoms with E-state index < -0.39 is 5.51 Å². The Morgan fingerprint density at radius 3 is 2.62 bits per heavy atom. The number of hydrogen-bond donors (Lipinski definition) is 1. The molecule has 2 aromatic rings. The molecule has 0 aromatic heterocycles. The van der Waals surface area contributed by atoms with Gasteiger partial charge in [0.2, 0.25) is 0 Å². The van der Waals surface area contributed by atoms with E-state index in [9.17, 15) is 13.2 Å². The first-order valence-corrected chi connectivity index (χ1v) is 7.48. The number of benzene rings is 2. The van der Waals surface area contributed by atoms with Crippen LogP contribution in [-0.4, -0.2) is 24.9 Å². The van der Waals surface area contributed by atoms with Gasteiger partial charge in [-0.1, -0.05) is 30.3 Å². The predicted octanol–water partition coefficient (Wildman–Crippen LogP) is 4.19. The molecular weight excluding hydrogens is 299 g/mol. The van der Waals surface area contributed by atoms with Crippen molar-refractivity contribution >= 4 is 22.5 Å². The van der Waals surface area contributed by atoms with Crippen molar-refractivity contribution in [2.75, 3.05) is 19.4 Å². The van der Waals surface area contributed by atoms with Crippen LogP contribution in [0.15, 0.2) is 36.4 Å². The lowest BCUT2D eigenvalue weighted by Crippen LogP contribution is -2.11. The van der Waals surface area contributed by atoms with Crippen LogP contribution < -0.4 is 10.1 Å². The molecule has 0 fully saturated rings. The zero-order chi connectivity index (χ0) is 15.3. The van der Waals surface area contributed by atoms with E-state index in [1.54, 1.807) is 0 Å². The molecule has 21 heavy (non-hydrogen) atoms. The van der Waals surface area contributed by atoms with E-state index in [1.165, 1.54) is 0 Å². The van der Waals surface area contributed by atoms with Gasteiger partial charge in [-0.25, -0.2) is 0 Å². The van der Waals surface area contributed by atoms with E-state index >= 15 is 0 Å². The second-order valence-electron chi connectivity index (χ2n) is 4.44. The smallest absolute Gasteiger partial charge is 0.441 e. The Bertz CT molecular complexity index is 601. The topological polar surface area (TPSA) is 21.3 Å². The third-order valence-corrected chi connectivity index (χ3v) is 3.66. The SMILES string of the molecule is CNCc1c(OCCSC(F)(F)F)ccc2ccccc12. The van der Waals surface area contributed by atoms with Crippen molar-refractivity contribution < 1.29 is 17.9 Å². The van der Waals surface area contributed by atoms with E-state index in [2.05, 4.69) is 5.32 Å². The maximum absolute atomic E-state index is 12.1. The van der Waals surface area contributed by atoms with Gasteiger partial charge in [0, 0.05) is 17.9 Å². The van der Waals surface area contributed by atoms with Crippen molar-refractivity contribution in [3.63, 3.8) is 0 Å². The van der Waals surface area contributed by atoms with Gasteiger partial charge in [0.25, 0.3) is 0 Å². The lowest BCUT2D eigenvalue weighted by molar-refractivity contribution is -0.0329. The highest BCUT2D eigenvalue weighted by Crippen LogP contribution is 2.31. The number of alkyl halides is 3. The summed E-state index contributed by atoms with van der Waals surface area (Å²) in [6.45, 7) is 0.627. The van der Waals surface area contributed by atoms with Crippen molar-refractivity contribution in [3.05, 3.63) is 42.0 Å². The Labute approximate surface area is 125 Å². The molecular formula is C15H16F3NOS. The van der Waals surface area contributed by atoms with Crippen LogP contribution in [0.2, 0.25) is 0 Å². The highest BCUT2D eigenvalue weighted by Gasteiger charge is 2.27. The van der Waals surface area contributed by atoms with Gasteiger partial charge >= 0.3 is 5.51 Å². The van der Waals surface area contributed by atoms with Crippen LogP contribution in [0, 0.1) is 0 Å². The minimum Gasteiger partial charge on any atom is -0.492 e. The molecule has 2 nitrogen and oxygen atoms in total.